The highest BCUT2D eigenvalue weighted by Crippen LogP contribution is 2.17. The zero-order chi connectivity index (χ0) is 13.2. The lowest BCUT2D eigenvalue weighted by Crippen LogP contribution is -2.33. The fourth-order valence-electron chi connectivity index (χ4n) is 2.50. The number of nitrogens with one attached hydrogen (secondary N) is 1. The lowest BCUT2D eigenvalue weighted by molar-refractivity contribution is -0.133. The molecule has 3 heteroatoms. The molecule has 104 valence electrons. The molecule has 1 fully saturated rings. The number of rotatable bonds is 8. The summed E-state index contributed by atoms with van der Waals surface area (Å²) in [6, 6.07) is 0. The Morgan fingerprint density at radius 3 is 2.67 bits per heavy atom. The third kappa shape index (κ3) is 5.65. The number of unbranched alkanes of at least 4 members (excludes halogenated alkanes) is 5. The van der Waals surface area contributed by atoms with Gasteiger partial charge in [0.1, 0.15) is 5.78 Å². The molecule has 0 aromatic carbocycles. The molecule has 1 amide bonds. The van der Waals surface area contributed by atoms with Crippen molar-refractivity contribution >= 4 is 11.7 Å². The SMILES string of the molecule is CCCCCCCCC(=O)C1CCCCNC1=O. The Morgan fingerprint density at radius 2 is 1.89 bits per heavy atom. The van der Waals surface area contributed by atoms with E-state index in [1.54, 1.807) is 0 Å². The van der Waals surface area contributed by atoms with Gasteiger partial charge in [0.15, 0.2) is 0 Å². The largest absolute Gasteiger partial charge is 0.355 e. The number of carbonyl (C=O) groups is 2. The highest BCUT2D eigenvalue weighted by molar-refractivity contribution is 6.01. The minimum Gasteiger partial charge on any atom is -0.355 e. The summed E-state index contributed by atoms with van der Waals surface area (Å²) in [7, 11) is 0. The van der Waals surface area contributed by atoms with E-state index in [1.165, 1.54) is 25.7 Å². The van der Waals surface area contributed by atoms with Gasteiger partial charge in [0.2, 0.25) is 5.91 Å². The Balaban J connectivity index is 2.16. The zero-order valence-corrected chi connectivity index (χ0v) is 11.7. The number of Topliss-reactive ketones (excluding diaryl/α,β-unsaturated/α-hetero) is 1. The second kappa shape index (κ2) is 9.12. The summed E-state index contributed by atoms with van der Waals surface area (Å²) in [5.74, 6) is -0.239. The molecule has 1 N–H and O–H groups in total. The fraction of sp³-hybridized carbons (Fsp3) is 0.867. The van der Waals surface area contributed by atoms with Crippen molar-refractivity contribution < 1.29 is 9.59 Å². The van der Waals surface area contributed by atoms with Crippen LogP contribution in [0, 0.1) is 5.92 Å². The van der Waals surface area contributed by atoms with Crippen LogP contribution in [0.25, 0.3) is 0 Å². The van der Waals surface area contributed by atoms with E-state index >= 15 is 0 Å². The first kappa shape index (κ1) is 15.2. The van der Waals surface area contributed by atoms with Crippen LogP contribution in [0.3, 0.4) is 0 Å². The molecule has 1 heterocycles. The number of carbonyl (C=O) groups excluding carboxylic acids is 2. The molecule has 0 radical (unpaired) electrons. The van der Waals surface area contributed by atoms with Crippen LogP contribution < -0.4 is 5.32 Å². The summed E-state index contributed by atoms with van der Waals surface area (Å²) >= 11 is 0. The highest BCUT2D eigenvalue weighted by Gasteiger charge is 2.26. The van der Waals surface area contributed by atoms with Gasteiger partial charge in [-0.05, 0) is 19.3 Å². The molecule has 0 aliphatic carbocycles. The Hall–Kier alpha value is -0.860. The van der Waals surface area contributed by atoms with Gasteiger partial charge in [0.25, 0.3) is 0 Å². The van der Waals surface area contributed by atoms with Gasteiger partial charge in [-0.25, -0.2) is 0 Å². The maximum absolute atomic E-state index is 12.0. The predicted molar refractivity (Wildman–Crippen MR) is 73.4 cm³/mol. The standard InChI is InChI=1S/C15H27NO2/c1-2-3-4-5-6-7-11-14(17)13-10-8-9-12-16-15(13)18/h13H,2-12H2,1H3,(H,16,18). The second-order valence-electron chi connectivity index (χ2n) is 5.32. The molecule has 3 nitrogen and oxygen atoms in total. The maximum atomic E-state index is 12.0. The van der Waals surface area contributed by atoms with E-state index in [4.69, 9.17) is 0 Å². The van der Waals surface area contributed by atoms with Crippen LogP contribution in [0.2, 0.25) is 0 Å². The number of amides is 1. The predicted octanol–water partition coefficient (Wildman–Crippen LogP) is 3.22. The summed E-state index contributed by atoms with van der Waals surface area (Å²) in [6.45, 7) is 2.94. The average Bonchev–Trinajstić information content (AvgIpc) is 2.58. The van der Waals surface area contributed by atoms with E-state index in [-0.39, 0.29) is 17.6 Å². The molecule has 1 saturated heterocycles. The molecule has 1 aliphatic heterocycles. The number of hydrogen-bond acceptors (Lipinski definition) is 2. The monoisotopic (exact) mass is 253 g/mol. The van der Waals surface area contributed by atoms with Crippen molar-refractivity contribution in [2.45, 2.75) is 71.1 Å². The van der Waals surface area contributed by atoms with Crippen molar-refractivity contribution in [2.24, 2.45) is 5.92 Å². The Bertz CT molecular complexity index is 263. The first-order valence-corrected chi connectivity index (χ1v) is 7.56. The van der Waals surface area contributed by atoms with Crippen LogP contribution in [0.1, 0.15) is 71.1 Å². The maximum Gasteiger partial charge on any atom is 0.230 e. The highest BCUT2D eigenvalue weighted by atomic mass is 16.2. The summed E-state index contributed by atoms with van der Waals surface area (Å²) < 4.78 is 0. The third-order valence-corrected chi connectivity index (χ3v) is 3.70. The summed E-state index contributed by atoms with van der Waals surface area (Å²) in [6.07, 6.45) is 10.4. The van der Waals surface area contributed by atoms with Crippen molar-refractivity contribution in [3.05, 3.63) is 0 Å². The van der Waals surface area contributed by atoms with Gasteiger partial charge in [-0.1, -0.05) is 45.4 Å². The van der Waals surface area contributed by atoms with Crippen LogP contribution in [0.4, 0.5) is 0 Å². The molecular formula is C15H27NO2. The summed E-state index contributed by atoms with van der Waals surface area (Å²) in [5.41, 5.74) is 0. The summed E-state index contributed by atoms with van der Waals surface area (Å²) in [4.78, 5) is 23.7. The smallest absolute Gasteiger partial charge is 0.230 e. The van der Waals surface area contributed by atoms with Gasteiger partial charge in [0.05, 0.1) is 5.92 Å². The molecule has 0 bridgehead atoms. The molecular weight excluding hydrogens is 226 g/mol. The van der Waals surface area contributed by atoms with E-state index in [0.717, 1.165) is 38.6 Å². The Kier molecular flexibility index (Phi) is 7.70. The molecule has 0 saturated carbocycles. The number of hydrogen-bond donors (Lipinski definition) is 1. The third-order valence-electron chi connectivity index (χ3n) is 3.70. The quantitative estimate of drug-likeness (QED) is 0.533. The molecule has 0 spiro atoms. The second-order valence-corrected chi connectivity index (χ2v) is 5.32. The zero-order valence-electron chi connectivity index (χ0n) is 11.7. The van der Waals surface area contributed by atoms with Crippen molar-refractivity contribution in [1.29, 1.82) is 0 Å². The Labute approximate surface area is 111 Å². The first-order valence-electron chi connectivity index (χ1n) is 7.56. The molecule has 18 heavy (non-hydrogen) atoms. The van der Waals surface area contributed by atoms with E-state index in [2.05, 4.69) is 12.2 Å². The van der Waals surface area contributed by atoms with Gasteiger partial charge in [0, 0.05) is 13.0 Å². The van der Waals surface area contributed by atoms with E-state index < -0.39 is 0 Å². The van der Waals surface area contributed by atoms with Crippen LogP contribution in [0.5, 0.6) is 0 Å². The van der Waals surface area contributed by atoms with E-state index in [1.807, 2.05) is 0 Å². The fourth-order valence-corrected chi connectivity index (χ4v) is 2.50. The van der Waals surface area contributed by atoms with Crippen LogP contribution in [-0.4, -0.2) is 18.2 Å². The molecule has 0 aromatic rings. The minimum absolute atomic E-state index is 0.0384. The van der Waals surface area contributed by atoms with Crippen LogP contribution in [-0.2, 0) is 9.59 Å². The van der Waals surface area contributed by atoms with Crippen molar-refractivity contribution in [2.75, 3.05) is 6.54 Å². The van der Waals surface area contributed by atoms with Crippen molar-refractivity contribution in [3.63, 3.8) is 0 Å². The number of ketones is 1. The van der Waals surface area contributed by atoms with Crippen LogP contribution in [0.15, 0.2) is 0 Å². The minimum atomic E-state index is -0.358. The van der Waals surface area contributed by atoms with Crippen molar-refractivity contribution in [1.82, 2.24) is 5.32 Å². The topological polar surface area (TPSA) is 46.2 Å². The lowest BCUT2D eigenvalue weighted by atomic mass is 9.94. The molecule has 0 aromatic heterocycles. The normalized spacial score (nSPS) is 20.3. The summed E-state index contributed by atoms with van der Waals surface area (Å²) in [5, 5.41) is 2.83. The van der Waals surface area contributed by atoms with Gasteiger partial charge < -0.3 is 5.32 Å². The molecule has 1 atom stereocenters. The van der Waals surface area contributed by atoms with Gasteiger partial charge in [-0.15, -0.1) is 0 Å². The Morgan fingerprint density at radius 1 is 1.17 bits per heavy atom. The van der Waals surface area contributed by atoms with Crippen LogP contribution >= 0.6 is 0 Å². The molecule has 1 rings (SSSR count). The van der Waals surface area contributed by atoms with Crippen molar-refractivity contribution in [3.8, 4) is 0 Å². The van der Waals surface area contributed by atoms with Gasteiger partial charge >= 0.3 is 0 Å². The first-order chi connectivity index (χ1) is 8.75. The molecule has 1 unspecified atom stereocenters. The average molecular weight is 253 g/mol. The lowest BCUT2D eigenvalue weighted by Gasteiger charge is -2.11. The van der Waals surface area contributed by atoms with E-state index in [0.29, 0.717) is 6.42 Å². The van der Waals surface area contributed by atoms with Gasteiger partial charge in [-0.2, -0.15) is 0 Å². The van der Waals surface area contributed by atoms with Gasteiger partial charge in [-0.3, -0.25) is 9.59 Å². The van der Waals surface area contributed by atoms with E-state index in [9.17, 15) is 9.59 Å². The molecule has 1 aliphatic rings.